The van der Waals surface area contributed by atoms with Gasteiger partial charge in [0.05, 0.1) is 12.1 Å². The van der Waals surface area contributed by atoms with Gasteiger partial charge >= 0.3 is 0 Å². The molecule has 4 nitrogen and oxygen atoms in total. The molecule has 1 atom stereocenters. The Morgan fingerprint density at radius 3 is 2.84 bits per heavy atom. The van der Waals surface area contributed by atoms with Crippen LogP contribution in [-0.2, 0) is 11.3 Å². The molecule has 1 amide bonds. The van der Waals surface area contributed by atoms with Crippen molar-refractivity contribution in [2.75, 3.05) is 20.2 Å². The van der Waals surface area contributed by atoms with Gasteiger partial charge < -0.3 is 15.4 Å². The Kier molecular flexibility index (Phi) is 4.66. The number of ether oxygens (including phenoxy) is 1. The molecule has 0 spiro atoms. The maximum Gasteiger partial charge on any atom is 0.223 e. The lowest BCUT2D eigenvalue weighted by Crippen LogP contribution is -2.49. The molecule has 0 bridgehead atoms. The summed E-state index contributed by atoms with van der Waals surface area (Å²) in [6, 6.07) is 5.53. The number of carbonyl (C=O) groups excluding carboxylic acids is 1. The molecule has 0 radical (unpaired) electrons. The molecule has 1 heterocycles. The molecule has 1 aliphatic heterocycles. The molecular formula is C14H19ClN2O2. The van der Waals surface area contributed by atoms with Crippen LogP contribution in [0.15, 0.2) is 18.2 Å². The molecular weight excluding hydrogens is 264 g/mol. The third kappa shape index (κ3) is 3.39. The van der Waals surface area contributed by atoms with Gasteiger partial charge in [-0.1, -0.05) is 24.6 Å². The number of amides is 1. The first-order valence-corrected chi connectivity index (χ1v) is 6.80. The van der Waals surface area contributed by atoms with E-state index in [4.69, 9.17) is 16.3 Å². The van der Waals surface area contributed by atoms with E-state index in [2.05, 4.69) is 10.6 Å². The van der Waals surface area contributed by atoms with Gasteiger partial charge in [-0.05, 0) is 36.7 Å². The number of halogens is 1. The maximum atomic E-state index is 12.0. The summed E-state index contributed by atoms with van der Waals surface area (Å²) >= 11 is 6.04. The molecule has 0 saturated carbocycles. The summed E-state index contributed by atoms with van der Waals surface area (Å²) in [5.74, 6) is 1.25. The Hall–Kier alpha value is -1.26. The van der Waals surface area contributed by atoms with Crippen molar-refractivity contribution in [3.8, 4) is 5.75 Å². The Bertz CT molecular complexity index is 461. The third-order valence-corrected chi connectivity index (χ3v) is 3.91. The molecule has 1 aromatic carbocycles. The number of benzene rings is 1. The second-order valence-corrected chi connectivity index (χ2v) is 5.30. The van der Waals surface area contributed by atoms with Crippen molar-refractivity contribution >= 4 is 17.5 Å². The van der Waals surface area contributed by atoms with Gasteiger partial charge in [-0.15, -0.1) is 0 Å². The second-order valence-electron chi connectivity index (χ2n) is 4.89. The highest BCUT2D eigenvalue weighted by Crippen LogP contribution is 2.25. The van der Waals surface area contributed by atoms with Crippen LogP contribution in [0.3, 0.4) is 0 Å². The molecule has 5 heteroatoms. The molecule has 0 aliphatic carbocycles. The van der Waals surface area contributed by atoms with Gasteiger partial charge in [0.1, 0.15) is 5.75 Å². The van der Waals surface area contributed by atoms with E-state index in [1.807, 2.05) is 25.1 Å². The number of hydrogen-bond donors (Lipinski definition) is 2. The molecule has 2 rings (SSSR count). The van der Waals surface area contributed by atoms with Crippen molar-refractivity contribution in [1.29, 1.82) is 0 Å². The lowest BCUT2D eigenvalue weighted by Gasteiger charge is -2.31. The summed E-state index contributed by atoms with van der Waals surface area (Å²) in [4.78, 5) is 12.0. The van der Waals surface area contributed by atoms with E-state index >= 15 is 0 Å². The van der Waals surface area contributed by atoms with Crippen molar-refractivity contribution in [2.24, 2.45) is 11.8 Å². The molecule has 1 aromatic rings. The summed E-state index contributed by atoms with van der Waals surface area (Å²) < 4.78 is 5.09. The Balaban J connectivity index is 1.87. The van der Waals surface area contributed by atoms with Crippen LogP contribution in [-0.4, -0.2) is 26.1 Å². The first kappa shape index (κ1) is 14.2. The van der Waals surface area contributed by atoms with Gasteiger partial charge in [0.25, 0.3) is 0 Å². The number of nitrogens with one attached hydrogen (secondary N) is 2. The maximum absolute atomic E-state index is 12.0. The van der Waals surface area contributed by atoms with Crippen molar-refractivity contribution in [2.45, 2.75) is 13.5 Å². The normalized spacial score (nSPS) is 16.6. The molecule has 1 unspecified atom stereocenters. The lowest BCUT2D eigenvalue weighted by molar-refractivity contribution is -0.126. The molecule has 104 valence electrons. The summed E-state index contributed by atoms with van der Waals surface area (Å²) in [7, 11) is 1.58. The van der Waals surface area contributed by atoms with Crippen molar-refractivity contribution in [1.82, 2.24) is 10.6 Å². The number of methoxy groups -OCH3 is 1. The minimum absolute atomic E-state index is 0.0509. The van der Waals surface area contributed by atoms with Crippen LogP contribution in [0.2, 0.25) is 5.02 Å². The van der Waals surface area contributed by atoms with Crippen LogP contribution < -0.4 is 15.4 Å². The largest absolute Gasteiger partial charge is 0.495 e. The van der Waals surface area contributed by atoms with E-state index in [1.54, 1.807) is 7.11 Å². The highest BCUT2D eigenvalue weighted by atomic mass is 35.5. The topological polar surface area (TPSA) is 50.4 Å². The van der Waals surface area contributed by atoms with E-state index in [0.29, 0.717) is 23.2 Å². The van der Waals surface area contributed by atoms with E-state index in [1.165, 1.54) is 0 Å². The average Bonchev–Trinajstić information content (AvgIpc) is 2.34. The first-order chi connectivity index (χ1) is 9.11. The van der Waals surface area contributed by atoms with Gasteiger partial charge in [-0.2, -0.15) is 0 Å². The third-order valence-electron chi connectivity index (χ3n) is 3.62. The molecule has 2 N–H and O–H groups in total. The van der Waals surface area contributed by atoms with E-state index in [9.17, 15) is 4.79 Å². The zero-order valence-electron chi connectivity index (χ0n) is 11.2. The van der Waals surface area contributed by atoms with Gasteiger partial charge in [0, 0.05) is 12.5 Å². The standard InChI is InChI=1S/C14H19ClN2O2/c1-9(11-7-16-8-11)14(18)17-6-10-3-4-13(19-2)12(15)5-10/h3-5,9,11,16H,6-8H2,1-2H3,(H,17,18). The SMILES string of the molecule is COc1ccc(CNC(=O)C(C)C2CNC2)cc1Cl. The van der Waals surface area contributed by atoms with Crippen molar-refractivity contribution < 1.29 is 9.53 Å². The second kappa shape index (κ2) is 6.26. The Morgan fingerprint density at radius 2 is 2.32 bits per heavy atom. The zero-order valence-corrected chi connectivity index (χ0v) is 12.0. The number of rotatable bonds is 5. The first-order valence-electron chi connectivity index (χ1n) is 6.42. The summed E-state index contributed by atoms with van der Waals surface area (Å²) in [5.41, 5.74) is 0.970. The van der Waals surface area contributed by atoms with E-state index < -0.39 is 0 Å². The smallest absolute Gasteiger partial charge is 0.223 e. The highest BCUT2D eigenvalue weighted by Gasteiger charge is 2.28. The van der Waals surface area contributed by atoms with Crippen LogP contribution in [0.25, 0.3) is 0 Å². The number of carbonyl (C=O) groups is 1. The summed E-state index contributed by atoms with van der Waals surface area (Å²) in [6.07, 6.45) is 0. The van der Waals surface area contributed by atoms with Gasteiger partial charge in [0.15, 0.2) is 0 Å². The molecule has 19 heavy (non-hydrogen) atoms. The number of hydrogen-bond acceptors (Lipinski definition) is 3. The lowest BCUT2D eigenvalue weighted by atomic mass is 9.88. The Labute approximate surface area is 118 Å². The van der Waals surface area contributed by atoms with Crippen LogP contribution >= 0.6 is 11.6 Å². The fraction of sp³-hybridized carbons (Fsp3) is 0.500. The minimum Gasteiger partial charge on any atom is -0.495 e. The van der Waals surface area contributed by atoms with Gasteiger partial charge in [-0.3, -0.25) is 4.79 Å². The monoisotopic (exact) mass is 282 g/mol. The van der Waals surface area contributed by atoms with E-state index in [0.717, 1.165) is 18.7 Å². The van der Waals surface area contributed by atoms with Gasteiger partial charge in [0.2, 0.25) is 5.91 Å². The van der Waals surface area contributed by atoms with Crippen LogP contribution in [0, 0.1) is 11.8 Å². The van der Waals surface area contributed by atoms with Gasteiger partial charge in [-0.25, -0.2) is 0 Å². The fourth-order valence-corrected chi connectivity index (χ4v) is 2.33. The minimum atomic E-state index is 0.0509. The quantitative estimate of drug-likeness (QED) is 0.866. The van der Waals surface area contributed by atoms with Crippen LogP contribution in [0.1, 0.15) is 12.5 Å². The predicted molar refractivity (Wildman–Crippen MR) is 75.4 cm³/mol. The summed E-state index contributed by atoms with van der Waals surface area (Å²) in [6.45, 7) is 4.33. The average molecular weight is 283 g/mol. The van der Waals surface area contributed by atoms with Crippen LogP contribution in [0.4, 0.5) is 0 Å². The van der Waals surface area contributed by atoms with Crippen molar-refractivity contribution in [3.63, 3.8) is 0 Å². The predicted octanol–water partition coefficient (Wildman–Crippen LogP) is 1.82. The van der Waals surface area contributed by atoms with E-state index in [-0.39, 0.29) is 11.8 Å². The van der Waals surface area contributed by atoms with Crippen LogP contribution in [0.5, 0.6) is 5.75 Å². The Morgan fingerprint density at radius 1 is 1.58 bits per heavy atom. The molecule has 1 saturated heterocycles. The van der Waals surface area contributed by atoms with Crippen molar-refractivity contribution in [3.05, 3.63) is 28.8 Å². The fourth-order valence-electron chi connectivity index (χ4n) is 2.05. The molecule has 1 fully saturated rings. The molecule has 1 aliphatic rings. The highest BCUT2D eigenvalue weighted by molar-refractivity contribution is 6.32. The molecule has 0 aromatic heterocycles. The zero-order chi connectivity index (χ0) is 13.8. The summed E-state index contributed by atoms with van der Waals surface area (Å²) in [5, 5.41) is 6.69.